The number of aromatic nitrogens is 2. The summed E-state index contributed by atoms with van der Waals surface area (Å²) in [6.07, 6.45) is 2.57. The Morgan fingerprint density at radius 1 is 1.35 bits per heavy atom. The lowest BCUT2D eigenvalue weighted by molar-refractivity contribution is 0.0527. The molecule has 8 heteroatoms. The largest absolute Gasteiger partial charge is 0.462 e. The Hall–Kier alpha value is -2.35. The quantitative estimate of drug-likeness (QED) is 0.815. The highest BCUT2D eigenvalue weighted by Crippen LogP contribution is 2.31. The van der Waals surface area contributed by atoms with Gasteiger partial charge in [-0.2, -0.15) is 5.10 Å². The van der Waals surface area contributed by atoms with Crippen molar-refractivity contribution in [1.29, 1.82) is 0 Å². The van der Waals surface area contributed by atoms with E-state index in [9.17, 15) is 13.2 Å². The second-order valence-electron chi connectivity index (χ2n) is 5.22. The van der Waals surface area contributed by atoms with E-state index in [1.807, 2.05) is 6.07 Å². The molecule has 0 saturated heterocycles. The third-order valence-electron chi connectivity index (χ3n) is 3.47. The lowest BCUT2D eigenvalue weighted by atomic mass is 10.3. The molecule has 1 aromatic heterocycles. The molecule has 1 aliphatic rings. The van der Waals surface area contributed by atoms with Gasteiger partial charge < -0.3 is 4.74 Å². The van der Waals surface area contributed by atoms with Gasteiger partial charge in [-0.05, 0) is 31.9 Å². The van der Waals surface area contributed by atoms with Crippen molar-refractivity contribution in [2.75, 3.05) is 11.3 Å². The molecule has 0 radical (unpaired) electrons. The van der Waals surface area contributed by atoms with Gasteiger partial charge in [-0.15, -0.1) is 0 Å². The third kappa shape index (κ3) is 3.21. The average Bonchev–Trinajstić information content (AvgIpc) is 3.31. The molecule has 2 aromatic rings. The molecule has 1 aliphatic carbocycles. The number of anilines is 1. The Bertz CT molecular complexity index is 811. The first-order chi connectivity index (χ1) is 11.0. The molecule has 122 valence electrons. The zero-order chi connectivity index (χ0) is 16.4. The van der Waals surface area contributed by atoms with Crippen LogP contribution in [0.3, 0.4) is 0 Å². The van der Waals surface area contributed by atoms with Crippen molar-refractivity contribution >= 4 is 21.8 Å². The van der Waals surface area contributed by atoms with Crippen LogP contribution in [0.2, 0.25) is 0 Å². The zero-order valence-corrected chi connectivity index (χ0v) is 13.4. The minimum absolute atomic E-state index is 0.0972. The lowest BCUT2D eigenvalue weighted by Crippen LogP contribution is -2.21. The molecule has 1 aromatic carbocycles. The van der Waals surface area contributed by atoms with Crippen LogP contribution in [0.1, 0.15) is 30.1 Å². The van der Waals surface area contributed by atoms with Gasteiger partial charge in [0.2, 0.25) is 10.0 Å². The van der Waals surface area contributed by atoms with Crippen molar-refractivity contribution < 1.29 is 17.9 Å². The van der Waals surface area contributed by atoms with Crippen LogP contribution in [0.4, 0.5) is 5.82 Å². The first kappa shape index (κ1) is 15.5. The molecule has 0 aliphatic heterocycles. The summed E-state index contributed by atoms with van der Waals surface area (Å²) in [5.41, 5.74) is 0.747. The Kier molecular flexibility index (Phi) is 4.08. The van der Waals surface area contributed by atoms with Gasteiger partial charge in [0.05, 0.1) is 23.7 Å². The third-order valence-corrected chi connectivity index (χ3v) is 5.29. The van der Waals surface area contributed by atoms with E-state index < -0.39 is 21.2 Å². The predicted octanol–water partition coefficient (Wildman–Crippen LogP) is 1.95. The second kappa shape index (κ2) is 6.04. The fourth-order valence-electron chi connectivity index (χ4n) is 2.17. The first-order valence-corrected chi connectivity index (χ1v) is 8.89. The fraction of sp³-hybridized carbons (Fsp3) is 0.333. The molecule has 1 saturated carbocycles. The highest BCUT2D eigenvalue weighted by atomic mass is 32.2. The van der Waals surface area contributed by atoms with Gasteiger partial charge in [-0.25, -0.2) is 17.9 Å². The van der Waals surface area contributed by atoms with Crippen molar-refractivity contribution in [1.82, 2.24) is 9.78 Å². The SMILES string of the molecule is CCOC(=O)c1cnn(-c2ccccc2)c1NS(=O)(=O)C1CC1. The molecule has 1 N–H and O–H groups in total. The van der Waals surface area contributed by atoms with Crippen molar-refractivity contribution in [3.63, 3.8) is 0 Å². The monoisotopic (exact) mass is 335 g/mol. The maximum atomic E-state index is 12.3. The molecule has 0 bridgehead atoms. The number of hydrogen-bond acceptors (Lipinski definition) is 5. The van der Waals surface area contributed by atoms with Crippen LogP contribution < -0.4 is 4.72 Å². The number of rotatable bonds is 6. The molecule has 1 fully saturated rings. The minimum atomic E-state index is -3.53. The van der Waals surface area contributed by atoms with Crippen LogP contribution in [0.15, 0.2) is 36.5 Å². The van der Waals surface area contributed by atoms with E-state index in [2.05, 4.69) is 9.82 Å². The summed E-state index contributed by atoms with van der Waals surface area (Å²) in [5.74, 6) is -0.496. The summed E-state index contributed by atoms with van der Waals surface area (Å²) >= 11 is 0. The predicted molar refractivity (Wildman–Crippen MR) is 85.1 cm³/mol. The number of carbonyl (C=O) groups is 1. The van der Waals surface area contributed by atoms with E-state index in [0.717, 1.165) is 0 Å². The second-order valence-corrected chi connectivity index (χ2v) is 7.18. The summed E-state index contributed by atoms with van der Waals surface area (Å²) in [7, 11) is -3.53. The number of ether oxygens (including phenoxy) is 1. The Morgan fingerprint density at radius 3 is 2.65 bits per heavy atom. The van der Waals surface area contributed by atoms with Crippen LogP contribution in [0, 0.1) is 0 Å². The molecule has 0 spiro atoms. The Labute approximate surface area is 134 Å². The molecule has 3 rings (SSSR count). The summed E-state index contributed by atoms with van der Waals surface area (Å²) < 4.78 is 33.4. The van der Waals surface area contributed by atoms with Gasteiger partial charge in [0, 0.05) is 0 Å². The van der Waals surface area contributed by atoms with Gasteiger partial charge in [-0.3, -0.25) is 4.72 Å². The molecular weight excluding hydrogens is 318 g/mol. The maximum Gasteiger partial charge on any atom is 0.343 e. The summed E-state index contributed by atoms with van der Waals surface area (Å²) in [6, 6.07) is 9.00. The van der Waals surface area contributed by atoms with Crippen molar-refractivity contribution in [2.24, 2.45) is 0 Å². The van der Waals surface area contributed by atoms with Gasteiger partial charge in [0.15, 0.2) is 5.82 Å². The maximum absolute atomic E-state index is 12.3. The topological polar surface area (TPSA) is 90.3 Å². The number of esters is 1. The Morgan fingerprint density at radius 2 is 2.04 bits per heavy atom. The van der Waals surface area contributed by atoms with Gasteiger partial charge in [-0.1, -0.05) is 18.2 Å². The van der Waals surface area contributed by atoms with Gasteiger partial charge in [0.25, 0.3) is 0 Å². The highest BCUT2D eigenvalue weighted by molar-refractivity contribution is 7.93. The van der Waals surface area contributed by atoms with Crippen LogP contribution >= 0.6 is 0 Å². The number of hydrogen-bond donors (Lipinski definition) is 1. The number of carbonyl (C=O) groups excluding carboxylic acids is 1. The lowest BCUT2D eigenvalue weighted by Gasteiger charge is -2.12. The first-order valence-electron chi connectivity index (χ1n) is 7.35. The van der Waals surface area contributed by atoms with E-state index in [1.165, 1.54) is 10.9 Å². The summed E-state index contributed by atoms with van der Waals surface area (Å²) in [5, 5.41) is 3.74. The average molecular weight is 335 g/mol. The van der Waals surface area contributed by atoms with E-state index >= 15 is 0 Å². The minimum Gasteiger partial charge on any atom is -0.462 e. The van der Waals surface area contributed by atoms with Crippen LogP contribution in [-0.2, 0) is 14.8 Å². The number of para-hydroxylation sites is 1. The van der Waals surface area contributed by atoms with Crippen LogP contribution in [0.25, 0.3) is 5.69 Å². The number of nitrogens with zero attached hydrogens (tertiary/aromatic N) is 2. The Balaban J connectivity index is 2.04. The molecule has 7 nitrogen and oxygen atoms in total. The standard InChI is InChI=1S/C15H17N3O4S/c1-2-22-15(19)13-10-16-18(11-6-4-3-5-7-11)14(13)17-23(20,21)12-8-9-12/h3-7,10,12,17H,2,8-9H2,1H3. The molecule has 0 amide bonds. The van der Waals surface area contributed by atoms with Gasteiger partial charge >= 0.3 is 5.97 Å². The van der Waals surface area contributed by atoms with Crippen molar-refractivity contribution in [3.05, 3.63) is 42.1 Å². The number of sulfonamides is 1. The van der Waals surface area contributed by atoms with Crippen molar-refractivity contribution in [3.8, 4) is 5.69 Å². The fourth-order valence-corrected chi connectivity index (χ4v) is 3.56. The molecule has 0 atom stereocenters. The molecule has 1 heterocycles. The number of benzene rings is 1. The van der Waals surface area contributed by atoms with E-state index in [1.54, 1.807) is 31.2 Å². The van der Waals surface area contributed by atoms with Crippen molar-refractivity contribution in [2.45, 2.75) is 25.0 Å². The smallest absolute Gasteiger partial charge is 0.343 e. The van der Waals surface area contributed by atoms with Crippen LogP contribution in [-0.4, -0.2) is 36.0 Å². The summed E-state index contributed by atoms with van der Waals surface area (Å²) in [4.78, 5) is 12.1. The van der Waals surface area contributed by atoms with Gasteiger partial charge in [0.1, 0.15) is 5.56 Å². The molecule has 23 heavy (non-hydrogen) atoms. The molecular formula is C15H17N3O4S. The highest BCUT2D eigenvalue weighted by Gasteiger charge is 2.37. The van der Waals surface area contributed by atoms with E-state index in [-0.39, 0.29) is 18.0 Å². The van der Waals surface area contributed by atoms with E-state index in [4.69, 9.17) is 4.74 Å². The zero-order valence-electron chi connectivity index (χ0n) is 12.6. The van der Waals surface area contributed by atoms with E-state index in [0.29, 0.717) is 18.5 Å². The summed E-state index contributed by atoms with van der Waals surface area (Å²) in [6.45, 7) is 1.89. The molecule has 0 unspecified atom stereocenters. The normalized spacial score (nSPS) is 14.5. The number of nitrogens with one attached hydrogen (secondary N) is 1. The van der Waals surface area contributed by atoms with Crippen LogP contribution in [0.5, 0.6) is 0 Å².